The number of allylic oxidation sites excluding steroid dienone is 2. The highest BCUT2D eigenvalue weighted by Gasteiger charge is 2.52. The summed E-state index contributed by atoms with van der Waals surface area (Å²) in [5, 5.41) is 6.99. The quantitative estimate of drug-likeness (QED) is 0.495. The number of hydrogen-bond acceptors (Lipinski definition) is 4. The number of thiophene rings is 1. The van der Waals surface area contributed by atoms with Gasteiger partial charge in [0, 0.05) is 6.54 Å². The number of carbonyl (C=O) groups excluding carboxylic acids is 2. The van der Waals surface area contributed by atoms with Crippen molar-refractivity contribution in [3.8, 4) is 0 Å². The first kappa shape index (κ1) is 22.0. The zero-order chi connectivity index (χ0) is 21.0. The van der Waals surface area contributed by atoms with E-state index in [9.17, 15) is 9.59 Å². The smallest absolute Gasteiger partial charge is 0.323 e. The molecule has 0 aliphatic carbocycles. The molecule has 0 unspecified atom stereocenters. The van der Waals surface area contributed by atoms with Gasteiger partial charge in [0.25, 0.3) is 5.91 Å². The third-order valence-corrected chi connectivity index (χ3v) is 7.14. The van der Waals surface area contributed by atoms with Gasteiger partial charge in [-0.25, -0.2) is 4.79 Å². The van der Waals surface area contributed by atoms with Crippen LogP contribution in [0.2, 0.25) is 0 Å². The first-order valence-electron chi connectivity index (χ1n) is 10.8. The Kier molecular flexibility index (Phi) is 7.17. The molecule has 2 saturated heterocycles. The maximum Gasteiger partial charge on any atom is 0.325 e. The van der Waals surface area contributed by atoms with Crippen molar-refractivity contribution >= 4 is 23.3 Å². The van der Waals surface area contributed by atoms with Crippen LogP contribution in [0.1, 0.15) is 58.9 Å². The molecule has 3 heterocycles. The maximum absolute atomic E-state index is 13.1. The van der Waals surface area contributed by atoms with E-state index in [-0.39, 0.29) is 17.9 Å². The molecule has 3 amide bonds. The van der Waals surface area contributed by atoms with E-state index in [0.717, 1.165) is 44.5 Å². The van der Waals surface area contributed by atoms with Gasteiger partial charge in [-0.05, 0) is 93.8 Å². The second-order valence-corrected chi connectivity index (χ2v) is 9.97. The summed E-state index contributed by atoms with van der Waals surface area (Å²) in [7, 11) is 0. The fourth-order valence-electron chi connectivity index (χ4n) is 4.58. The minimum absolute atomic E-state index is 0.0674. The summed E-state index contributed by atoms with van der Waals surface area (Å²) in [5.74, 6) is 0.803. The normalized spacial score (nSPS) is 24.6. The monoisotopic (exact) mass is 417 g/mol. The van der Waals surface area contributed by atoms with Gasteiger partial charge in [0.1, 0.15) is 5.54 Å². The van der Waals surface area contributed by atoms with Crippen LogP contribution >= 0.6 is 11.3 Å². The highest BCUT2D eigenvalue weighted by Crippen LogP contribution is 2.34. The Morgan fingerprint density at radius 1 is 1.34 bits per heavy atom. The van der Waals surface area contributed by atoms with Gasteiger partial charge in [-0.2, -0.15) is 11.3 Å². The molecule has 2 aliphatic rings. The van der Waals surface area contributed by atoms with Gasteiger partial charge >= 0.3 is 6.03 Å². The zero-order valence-electron chi connectivity index (χ0n) is 18.2. The van der Waals surface area contributed by atoms with E-state index in [0.29, 0.717) is 12.5 Å². The first-order chi connectivity index (χ1) is 13.8. The molecular weight excluding hydrogens is 382 g/mol. The van der Waals surface area contributed by atoms with Crippen LogP contribution in [-0.4, -0.2) is 46.9 Å². The van der Waals surface area contributed by atoms with Crippen molar-refractivity contribution in [2.45, 2.75) is 65.5 Å². The van der Waals surface area contributed by atoms with Crippen molar-refractivity contribution in [2.24, 2.45) is 11.8 Å². The summed E-state index contributed by atoms with van der Waals surface area (Å²) in [6.07, 6.45) is 6.60. The Balaban J connectivity index is 1.51. The van der Waals surface area contributed by atoms with Gasteiger partial charge in [-0.15, -0.1) is 0 Å². The van der Waals surface area contributed by atoms with Crippen molar-refractivity contribution in [3.05, 3.63) is 34.0 Å². The molecule has 0 saturated carbocycles. The summed E-state index contributed by atoms with van der Waals surface area (Å²) in [5.41, 5.74) is 1.64. The van der Waals surface area contributed by atoms with E-state index in [1.54, 1.807) is 11.3 Å². The van der Waals surface area contributed by atoms with Crippen LogP contribution in [0.15, 0.2) is 28.5 Å². The fourth-order valence-corrected chi connectivity index (χ4v) is 5.24. The van der Waals surface area contributed by atoms with Crippen molar-refractivity contribution in [1.82, 2.24) is 15.1 Å². The van der Waals surface area contributed by atoms with Gasteiger partial charge < -0.3 is 10.2 Å². The number of piperidine rings is 1. The van der Waals surface area contributed by atoms with Crippen molar-refractivity contribution in [1.29, 1.82) is 0 Å². The van der Waals surface area contributed by atoms with E-state index >= 15 is 0 Å². The second-order valence-electron chi connectivity index (χ2n) is 9.19. The number of urea groups is 1. The highest BCUT2D eigenvalue weighted by molar-refractivity contribution is 7.07. The molecule has 0 aromatic carbocycles. The molecule has 1 aromatic rings. The van der Waals surface area contributed by atoms with Crippen LogP contribution in [0.3, 0.4) is 0 Å². The van der Waals surface area contributed by atoms with Crippen molar-refractivity contribution < 1.29 is 9.59 Å². The zero-order valence-corrected chi connectivity index (χ0v) is 19.1. The van der Waals surface area contributed by atoms with E-state index < -0.39 is 5.54 Å². The third kappa shape index (κ3) is 5.28. The number of likely N-dealkylation sites (tertiary alicyclic amines) is 1. The molecule has 29 heavy (non-hydrogen) atoms. The van der Waals surface area contributed by atoms with Gasteiger partial charge in [-0.3, -0.25) is 9.69 Å². The lowest BCUT2D eigenvalue weighted by Gasteiger charge is -2.39. The average molecular weight is 418 g/mol. The van der Waals surface area contributed by atoms with Gasteiger partial charge in [0.05, 0.1) is 6.54 Å². The predicted molar refractivity (Wildman–Crippen MR) is 119 cm³/mol. The molecule has 5 nitrogen and oxygen atoms in total. The Labute approximate surface area is 179 Å². The Bertz CT molecular complexity index is 733. The number of imide groups is 1. The van der Waals surface area contributed by atoms with Gasteiger partial charge in [-0.1, -0.05) is 18.6 Å². The summed E-state index contributed by atoms with van der Waals surface area (Å²) in [6.45, 7) is 12.0. The number of rotatable bonds is 8. The van der Waals surface area contributed by atoms with Crippen LogP contribution in [0, 0.1) is 11.8 Å². The second kappa shape index (κ2) is 9.43. The minimum atomic E-state index is -0.770. The van der Waals surface area contributed by atoms with E-state index in [4.69, 9.17) is 0 Å². The summed E-state index contributed by atoms with van der Waals surface area (Å²) >= 11 is 1.59. The molecule has 3 rings (SSSR count). The Morgan fingerprint density at radius 2 is 2.07 bits per heavy atom. The maximum atomic E-state index is 13.1. The molecule has 1 N–H and O–H groups in total. The summed E-state index contributed by atoms with van der Waals surface area (Å²) in [6, 6.07) is 1.72. The van der Waals surface area contributed by atoms with E-state index in [2.05, 4.69) is 37.1 Å². The lowest BCUT2D eigenvalue weighted by molar-refractivity contribution is -0.133. The number of carbonyl (C=O) groups is 2. The molecule has 0 radical (unpaired) electrons. The van der Waals surface area contributed by atoms with Crippen molar-refractivity contribution in [2.75, 3.05) is 19.6 Å². The van der Waals surface area contributed by atoms with Gasteiger partial charge in [0.15, 0.2) is 0 Å². The molecule has 2 atom stereocenters. The predicted octanol–water partition coefficient (Wildman–Crippen LogP) is 4.65. The summed E-state index contributed by atoms with van der Waals surface area (Å²) < 4.78 is 0. The molecule has 2 fully saturated rings. The molecule has 0 bridgehead atoms. The van der Waals surface area contributed by atoms with Crippen molar-refractivity contribution in [3.63, 3.8) is 0 Å². The fraction of sp³-hybridized carbons (Fsp3) is 0.652. The first-order valence-corrected chi connectivity index (χ1v) is 11.7. The molecular formula is C23H35N3O2S. The molecule has 6 heteroatoms. The topological polar surface area (TPSA) is 52.7 Å². The Morgan fingerprint density at radius 3 is 2.69 bits per heavy atom. The largest absolute Gasteiger partial charge is 0.325 e. The number of hydrogen-bond donors (Lipinski definition) is 1. The third-order valence-electron chi connectivity index (χ3n) is 6.41. The molecule has 2 aliphatic heterocycles. The minimum Gasteiger partial charge on any atom is -0.323 e. The molecule has 160 valence electrons. The molecule has 1 aromatic heterocycles. The van der Waals surface area contributed by atoms with Gasteiger partial charge in [0.2, 0.25) is 0 Å². The van der Waals surface area contributed by atoms with E-state index in [1.807, 2.05) is 23.8 Å². The van der Waals surface area contributed by atoms with Crippen LogP contribution in [0.4, 0.5) is 4.79 Å². The lowest BCUT2D eigenvalue weighted by atomic mass is 9.78. The van der Waals surface area contributed by atoms with Crippen LogP contribution in [0.5, 0.6) is 0 Å². The van der Waals surface area contributed by atoms with Crippen LogP contribution in [-0.2, 0) is 11.3 Å². The molecule has 0 spiro atoms. The summed E-state index contributed by atoms with van der Waals surface area (Å²) in [4.78, 5) is 29.5. The van der Waals surface area contributed by atoms with Crippen LogP contribution in [0.25, 0.3) is 0 Å². The van der Waals surface area contributed by atoms with E-state index in [1.165, 1.54) is 16.9 Å². The standard InChI is InChI=1S/C23H35N3O2S/c1-17(2)6-5-7-18(3)14-25-11-8-20(9-12-25)23(4)21(27)26(22(28)24-23)15-19-10-13-29-16-19/h6,10,13,16,18,20H,5,7-9,11-12,14-15H2,1-4H3,(H,24,28)/t18-,23-/m0/s1. The number of nitrogens with zero attached hydrogens (tertiary/aromatic N) is 2. The lowest BCUT2D eigenvalue weighted by Crippen LogP contribution is -2.54. The highest BCUT2D eigenvalue weighted by atomic mass is 32.1. The van der Waals surface area contributed by atoms with Crippen LogP contribution < -0.4 is 5.32 Å². The SMILES string of the molecule is CC(C)=CCC[C@H](C)CN1CCC([C@]2(C)NC(=O)N(Cc3ccsc3)C2=O)CC1. The number of nitrogens with one attached hydrogen (secondary N) is 1. The number of amides is 3. The average Bonchev–Trinajstić information content (AvgIpc) is 3.25. The Hall–Kier alpha value is -1.66.